The maximum absolute atomic E-state index is 8.49. The monoisotopic (exact) mass is 1260 g/mol. The minimum absolute atomic E-state index is 0. The Morgan fingerprint density at radius 2 is 0.372 bits per heavy atom. The van der Waals surface area contributed by atoms with Gasteiger partial charge >= 0.3 is 34.1 Å². The minimum atomic E-state index is -4.94. The van der Waals surface area contributed by atoms with Crippen molar-refractivity contribution in [3.05, 3.63) is 181 Å². The van der Waals surface area contributed by atoms with Crippen molar-refractivity contribution in [1.29, 1.82) is 0 Å². The topological polar surface area (TPSA) is 586 Å². The van der Waals surface area contributed by atoms with E-state index in [0.717, 1.165) is 34.2 Å². The van der Waals surface area contributed by atoms with Crippen LogP contribution in [0.4, 0.5) is 0 Å². The molecular weight excluding hydrogens is 1210 g/mol. The quantitative estimate of drug-likeness (QED) is 0.0399. The first-order valence-corrected chi connectivity index (χ1v) is 24.7. The second-order valence-electron chi connectivity index (χ2n) is 12.3. The molecule has 0 saturated carbocycles. The molecule has 6 aromatic rings. The number of halogens is 4. The molecule has 6 rings (SSSR count). The third kappa shape index (κ3) is 70.4. The van der Waals surface area contributed by atoms with Crippen LogP contribution in [0.3, 0.4) is 0 Å². The smallest absolute Gasteiger partial charge is 0.457 e. The molecule has 0 fully saturated rings. The molecule has 78 heavy (non-hydrogen) atoms. The average Bonchev–Trinajstić information content (AvgIpc) is 3.33. The largest absolute Gasteiger partial charge is 2.00 e. The molecule has 6 aromatic heterocycles. The molecule has 0 amide bonds. The molecule has 0 bridgehead atoms. The van der Waals surface area contributed by atoms with E-state index >= 15 is 0 Å². The third-order valence-corrected chi connectivity index (χ3v) is 6.54. The zero-order valence-electron chi connectivity index (χ0n) is 39.9. The van der Waals surface area contributed by atoms with Gasteiger partial charge in [0.05, 0.1) is 73.4 Å². The maximum atomic E-state index is 8.49. The van der Waals surface area contributed by atoms with Crippen LogP contribution in [0.25, 0.3) is 0 Å². The van der Waals surface area contributed by atoms with Crippen LogP contribution in [0.15, 0.2) is 176 Å². The summed E-state index contributed by atoms with van der Waals surface area (Å²) in [5, 5.41) is 0. The predicted octanol–water partition coefficient (Wildman–Crippen LogP) is -14.8. The minimum Gasteiger partial charge on any atom is -0.457 e. The fourth-order valence-corrected chi connectivity index (χ4v) is 4.01. The van der Waals surface area contributed by atoms with Gasteiger partial charge < -0.3 is 11.0 Å². The van der Waals surface area contributed by atoms with E-state index < -0.39 is 41.0 Å². The van der Waals surface area contributed by atoms with E-state index in [2.05, 4.69) is 59.9 Å². The van der Waals surface area contributed by atoms with E-state index in [-0.39, 0.29) is 45.1 Å². The van der Waals surface area contributed by atoms with Gasteiger partial charge in [-0.15, -0.1) is 41.0 Å². The Morgan fingerprint density at radius 3 is 0.462 bits per heavy atom. The molecule has 6 heterocycles. The molecule has 0 aromatic carbocycles. The van der Waals surface area contributed by atoms with E-state index in [1.165, 1.54) is 0 Å². The van der Waals surface area contributed by atoms with Crippen LogP contribution in [0, 0.1) is 41.0 Å². The summed E-state index contributed by atoms with van der Waals surface area (Å²) < 4.78 is 136. The number of hydrogen-bond donors (Lipinski definition) is 0. The van der Waals surface area contributed by atoms with E-state index in [9.17, 15) is 0 Å². The number of aliphatic imine (C=N–C) groups is 6. The zero-order chi connectivity index (χ0) is 55.4. The fourth-order valence-electron chi connectivity index (χ4n) is 4.01. The normalized spacial score (nSPS) is 10.9. The van der Waals surface area contributed by atoms with Gasteiger partial charge in [-0.1, -0.05) is 36.4 Å². The SMILES string of the molecule is C(=NCCN=Cc1ccccn1)c1ccccn1.C(=NCCN=Cc1ccccn1)c1ccccn1.C(=NCCN=Cc1ccccn1)c1ccccn1.[Mn+2].[Mn+2].[O-][Cl+3]([O-])([O-])[O-].[O-][Cl+3]([O-])([O-])[O-].[O-][Cl+3]([O-])([O-])[O-].[O-][Cl+3]([O-])([O-])[O-].[OH3+].[OH3+]. The summed E-state index contributed by atoms with van der Waals surface area (Å²) in [6, 6.07) is 34.4. The predicted molar refractivity (Wildman–Crippen MR) is 230 cm³/mol. The van der Waals surface area contributed by atoms with Gasteiger partial charge in [0.2, 0.25) is 0 Å². The summed E-state index contributed by atoms with van der Waals surface area (Å²) in [4.78, 5) is 50.4. The second-order valence-corrected chi connectivity index (χ2v) is 15.3. The molecule has 0 spiro atoms. The number of hydrogen-bond acceptors (Lipinski definition) is 28. The van der Waals surface area contributed by atoms with Crippen molar-refractivity contribution in [3.8, 4) is 0 Å². The summed E-state index contributed by atoms with van der Waals surface area (Å²) in [5.41, 5.74) is 5.20. The molecule has 0 atom stereocenters. The van der Waals surface area contributed by atoms with E-state index in [1.807, 2.05) is 109 Å². The van der Waals surface area contributed by atoms with Crippen molar-refractivity contribution < 1.29 is 161 Å². The number of rotatable bonds is 15. The van der Waals surface area contributed by atoms with E-state index in [1.54, 1.807) is 74.5 Å². The van der Waals surface area contributed by atoms with Crippen LogP contribution in [-0.4, -0.2) is 106 Å². The molecule has 424 valence electrons. The molecule has 0 aliphatic carbocycles. The maximum Gasteiger partial charge on any atom is 2.00 e. The van der Waals surface area contributed by atoms with Crippen LogP contribution in [0.1, 0.15) is 34.2 Å². The molecule has 0 aliphatic heterocycles. The summed E-state index contributed by atoms with van der Waals surface area (Å²) in [7, 11) is -19.8. The molecule has 0 aliphatic rings. The Labute approximate surface area is 475 Å². The van der Waals surface area contributed by atoms with Crippen molar-refractivity contribution in [2.45, 2.75) is 0 Å². The third-order valence-electron chi connectivity index (χ3n) is 6.54. The number of aromatic nitrogens is 6. The molecule has 0 saturated heterocycles. The first kappa shape index (κ1) is 81.2. The summed E-state index contributed by atoms with van der Waals surface area (Å²) in [5.74, 6) is 0. The summed E-state index contributed by atoms with van der Waals surface area (Å²) >= 11 is 0. The fraction of sp³-hybridized carbons (Fsp3) is 0.143. The Morgan fingerprint density at radius 1 is 0.256 bits per heavy atom. The van der Waals surface area contributed by atoms with Gasteiger partial charge in [0.15, 0.2) is 0 Å². The average molecular weight is 1260 g/mol. The van der Waals surface area contributed by atoms with Crippen LogP contribution in [-0.2, 0) is 45.1 Å². The van der Waals surface area contributed by atoms with Crippen LogP contribution < -0.4 is 74.5 Å². The summed E-state index contributed by atoms with van der Waals surface area (Å²) in [6.45, 7) is 3.92. The van der Waals surface area contributed by atoms with Crippen LogP contribution in [0.2, 0.25) is 0 Å². The van der Waals surface area contributed by atoms with Crippen molar-refractivity contribution in [1.82, 2.24) is 29.9 Å². The van der Waals surface area contributed by atoms with Crippen molar-refractivity contribution in [2.75, 3.05) is 39.3 Å². The van der Waals surface area contributed by atoms with Gasteiger partial charge in [0, 0.05) is 74.5 Å². The first-order valence-electron chi connectivity index (χ1n) is 19.8. The second kappa shape index (κ2) is 49.7. The molecule has 36 heteroatoms. The Kier molecular flexibility index (Phi) is 51.7. The number of pyridine rings is 6. The Hall–Kier alpha value is -5.60. The van der Waals surface area contributed by atoms with Gasteiger partial charge in [-0.25, -0.2) is 74.5 Å². The molecule has 2 radical (unpaired) electrons. The van der Waals surface area contributed by atoms with Crippen molar-refractivity contribution in [2.24, 2.45) is 30.0 Å². The number of nitrogens with zero attached hydrogens (tertiary/aromatic N) is 12. The molecule has 30 nitrogen and oxygen atoms in total. The van der Waals surface area contributed by atoms with Gasteiger partial charge in [-0.3, -0.25) is 59.9 Å². The van der Waals surface area contributed by atoms with E-state index in [4.69, 9.17) is 74.5 Å². The molecule has 6 N–H and O–H groups in total. The van der Waals surface area contributed by atoms with E-state index in [0.29, 0.717) is 39.3 Å². The summed E-state index contributed by atoms with van der Waals surface area (Å²) in [6.07, 6.45) is 21.1. The standard InChI is InChI=1S/3C14H14N4.4ClHO4.2Mn.2H2O/c3*1-3-7-17-13(5-1)11-15-9-10-16-12-14-6-2-4-8-18-14;4*2-1(3,4)5;;;;/h3*1-8,11-12H,9-10H2;4*(H,2,3,4,5);;;2*1H2/q;;;;;;;2*+2;;/p-2. The van der Waals surface area contributed by atoms with Crippen molar-refractivity contribution in [3.63, 3.8) is 0 Å². The molecular formula is C42H48Cl4Mn2N12O18+2. The zero-order valence-corrected chi connectivity index (χ0v) is 45.3. The Bertz CT molecular complexity index is 2010. The van der Waals surface area contributed by atoms with Crippen molar-refractivity contribution >= 4 is 37.3 Å². The van der Waals surface area contributed by atoms with Crippen LogP contribution >= 0.6 is 0 Å². The molecule has 0 unspecified atom stereocenters. The van der Waals surface area contributed by atoms with Gasteiger partial charge in [-0.2, -0.15) is 0 Å². The Balaban J connectivity index is -0.000000284. The van der Waals surface area contributed by atoms with Gasteiger partial charge in [0.1, 0.15) is 0 Å². The van der Waals surface area contributed by atoms with Gasteiger partial charge in [0.25, 0.3) is 0 Å². The van der Waals surface area contributed by atoms with Crippen LogP contribution in [0.5, 0.6) is 0 Å². The first-order chi connectivity index (χ1) is 34.8. The van der Waals surface area contributed by atoms with Gasteiger partial charge in [-0.05, 0) is 72.8 Å².